The molecule has 0 bridgehead atoms. The minimum atomic E-state index is -0.257. The van der Waals surface area contributed by atoms with E-state index in [9.17, 15) is 9.18 Å². The maximum absolute atomic E-state index is 14.6. The lowest BCUT2D eigenvalue weighted by atomic mass is 9.84. The number of hydrogen-bond acceptors (Lipinski definition) is 3. The Balaban J connectivity index is 1.23. The van der Waals surface area contributed by atoms with E-state index in [2.05, 4.69) is 4.98 Å². The Kier molecular flexibility index (Phi) is 5.11. The van der Waals surface area contributed by atoms with Gasteiger partial charge in [0.05, 0.1) is 5.52 Å². The highest BCUT2D eigenvalue weighted by molar-refractivity contribution is 5.84. The number of fused-ring (bicyclic) bond motifs is 1. The van der Waals surface area contributed by atoms with E-state index in [1.54, 1.807) is 18.3 Å². The molecule has 1 aromatic heterocycles. The Hall–Kier alpha value is -2.95. The first-order valence-electron chi connectivity index (χ1n) is 10.8. The van der Waals surface area contributed by atoms with Crippen LogP contribution in [0.15, 0.2) is 54.7 Å². The zero-order valence-corrected chi connectivity index (χ0v) is 16.9. The predicted molar refractivity (Wildman–Crippen MR) is 115 cm³/mol. The molecule has 0 N–H and O–H groups in total. The van der Waals surface area contributed by atoms with Crippen LogP contribution in [0.5, 0.6) is 5.75 Å². The van der Waals surface area contributed by atoms with Gasteiger partial charge in [-0.15, -0.1) is 0 Å². The van der Waals surface area contributed by atoms with E-state index in [4.69, 9.17) is 4.74 Å². The lowest BCUT2D eigenvalue weighted by molar-refractivity contribution is -0.140. The quantitative estimate of drug-likeness (QED) is 0.599. The monoisotopic (exact) mass is 404 g/mol. The van der Waals surface area contributed by atoms with Crippen LogP contribution in [0, 0.1) is 11.7 Å². The molecule has 4 nitrogen and oxygen atoms in total. The fourth-order valence-corrected chi connectivity index (χ4v) is 4.33. The first kappa shape index (κ1) is 19.0. The van der Waals surface area contributed by atoms with Gasteiger partial charge in [-0.2, -0.15) is 0 Å². The number of piperidine rings is 1. The topological polar surface area (TPSA) is 42.4 Å². The van der Waals surface area contributed by atoms with Crippen molar-refractivity contribution in [3.63, 3.8) is 0 Å². The molecular formula is C25H25FN2O2. The number of rotatable bonds is 4. The summed E-state index contributed by atoms with van der Waals surface area (Å²) in [5.41, 5.74) is 2.11. The first-order valence-corrected chi connectivity index (χ1v) is 10.8. The van der Waals surface area contributed by atoms with Crippen molar-refractivity contribution >= 4 is 16.8 Å². The SMILES string of the molecule is O=C(C1CCC1)N1CCC(Oc2ccc(-c3cc4ncccc4cc3F)cc2)CC1. The van der Waals surface area contributed by atoms with Crippen LogP contribution in [0.2, 0.25) is 0 Å². The molecule has 2 fully saturated rings. The average molecular weight is 404 g/mol. The number of ether oxygens (including phenoxy) is 1. The Morgan fingerprint density at radius 3 is 2.50 bits per heavy atom. The summed E-state index contributed by atoms with van der Waals surface area (Å²) in [6, 6.07) is 14.5. The van der Waals surface area contributed by atoms with Crippen molar-refractivity contribution in [3.8, 4) is 16.9 Å². The molecule has 2 aliphatic rings. The Morgan fingerprint density at radius 2 is 1.80 bits per heavy atom. The molecule has 1 saturated carbocycles. The van der Waals surface area contributed by atoms with Crippen molar-refractivity contribution in [1.82, 2.24) is 9.88 Å². The van der Waals surface area contributed by atoms with Gasteiger partial charge in [0.1, 0.15) is 17.7 Å². The third-order valence-electron chi connectivity index (χ3n) is 6.37. The van der Waals surface area contributed by atoms with Crippen LogP contribution in [0.3, 0.4) is 0 Å². The molecule has 2 heterocycles. The first-order chi connectivity index (χ1) is 14.7. The molecule has 5 rings (SSSR count). The summed E-state index contributed by atoms with van der Waals surface area (Å²) in [6.45, 7) is 1.54. The maximum Gasteiger partial charge on any atom is 0.225 e. The molecule has 1 saturated heterocycles. The molecule has 3 aromatic rings. The largest absolute Gasteiger partial charge is 0.490 e. The molecule has 0 radical (unpaired) electrons. The van der Waals surface area contributed by atoms with E-state index < -0.39 is 0 Å². The van der Waals surface area contributed by atoms with Crippen LogP contribution in [0.1, 0.15) is 32.1 Å². The van der Waals surface area contributed by atoms with Gasteiger partial charge in [-0.3, -0.25) is 9.78 Å². The van der Waals surface area contributed by atoms with Crippen LogP contribution in [-0.2, 0) is 4.79 Å². The minimum absolute atomic E-state index is 0.114. The summed E-state index contributed by atoms with van der Waals surface area (Å²) in [5, 5.41) is 0.792. The maximum atomic E-state index is 14.6. The van der Waals surface area contributed by atoms with Gasteiger partial charge in [-0.1, -0.05) is 24.6 Å². The summed E-state index contributed by atoms with van der Waals surface area (Å²) in [4.78, 5) is 18.7. The second kappa shape index (κ2) is 8.05. The number of carbonyl (C=O) groups excluding carboxylic acids is 1. The molecule has 0 spiro atoms. The molecule has 5 heteroatoms. The van der Waals surface area contributed by atoms with Crippen LogP contribution >= 0.6 is 0 Å². The highest BCUT2D eigenvalue weighted by atomic mass is 19.1. The zero-order valence-electron chi connectivity index (χ0n) is 16.9. The Labute approximate surface area is 175 Å². The highest BCUT2D eigenvalue weighted by Gasteiger charge is 2.32. The second-order valence-corrected chi connectivity index (χ2v) is 8.32. The molecule has 0 unspecified atom stereocenters. The summed E-state index contributed by atoms with van der Waals surface area (Å²) in [7, 11) is 0. The number of benzene rings is 2. The molecule has 154 valence electrons. The van der Waals surface area contributed by atoms with Crippen molar-refractivity contribution in [2.24, 2.45) is 5.92 Å². The van der Waals surface area contributed by atoms with Gasteiger partial charge in [-0.25, -0.2) is 4.39 Å². The van der Waals surface area contributed by atoms with Crippen molar-refractivity contribution in [2.75, 3.05) is 13.1 Å². The summed E-state index contributed by atoms with van der Waals surface area (Å²) >= 11 is 0. The average Bonchev–Trinajstić information content (AvgIpc) is 2.73. The van der Waals surface area contributed by atoms with Crippen LogP contribution in [0.25, 0.3) is 22.0 Å². The molecular weight excluding hydrogens is 379 g/mol. The Morgan fingerprint density at radius 1 is 1.03 bits per heavy atom. The lowest BCUT2D eigenvalue weighted by Crippen LogP contribution is -2.45. The minimum Gasteiger partial charge on any atom is -0.490 e. The molecule has 30 heavy (non-hydrogen) atoms. The van der Waals surface area contributed by atoms with E-state index in [1.807, 2.05) is 35.2 Å². The van der Waals surface area contributed by atoms with E-state index >= 15 is 0 Å². The van der Waals surface area contributed by atoms with Crippen molar-refractivity contribution in [1.29, 1.82) is 0 Å². The lowest BCUT2D eigenvalue weighted by Gasteiger charge is -2.36. The van der Waals surface area contributed by atoms with Gasteiger partial charge in [-0.05, 0) is 48.7 Å². The smallest absolute Gasteiger partial charge is 0.225 e. The number of pyridine rings is 1. The zero-order chi connectivity index (χ0) is 20.5. The molecule has 1 aliphatic heterocycles. The Bertz CT molecular complexity index is 1050. The number of nitrogens with zero attached hydrogens (tertiary/aromatic N) is 2. The fraction of sp³-hybridized carbons (Fsp3) is 0.360. The van der Waals surface area contributed by atoms with E-state index in [0.29, 0.717) is 11.5 Å². The van der Waals surface area contributed by atoms with E-state index in [-0.39, 0.29) is 17.8 Å². The van der Waals surface area contributed by atoms with Gasteiger partial charge in [0, 0.05) is 49.0 Å². The highest BCUT2D eigenvalue weighted by Crippen LogP contribution is 2.31. The van der Waals surface area contributed by atoms with Crippen molar-refractivity contribution in [3.05, 3.63) is 60.5 Å². The third-order valence-corrected chi connectivity index (χ3v) is 6.37. The van der Waals surface area contributed by atoms with Gasteiger partial charge in [0.15, 0.2) is 0 Å². The van der Waals surface area contributed by atoms with Gasteiger partial charge in [0.2, 0.25) is 5.91 Å². The number of likely N-dealkylation sites (tertiary alicyclic amines) is 1. The van der Waals surface area contributed by atoms with E-state index in [0.717, 1.165) is 61.0 Å². The van der Waals surface area contributed by atoms with Gasteiger partial charge in [0.25, 0.3) is 0 Å². The number of halogens is 1. The molecule has 1 amide bonds. The predicted octanol–water partition coefficient (Wildman–Crippen LogP) is 5.21. The fourth-order valence-electron chi connectivity index (χ4n) is 4.33. The molecule has 0 atom stereocenters. The van der Waals surface area contributed by atoms with Crippen LogP contribution < -0.4 is 4.74 Å². The number of amides is 1. The summed E-state index contributed by atoms with van der Waals surface area (Å²) in [5.74, 6) is 1.12. The van der Waals surface area contributed by atoms with Crippen LogP contribution in [-0.4, -0.2) is 35.0 Å². The number of hydrogen-bond donors (Lipinski definition) is 0. The molecule has 2 aromatic carbocycles. The van der Waals surface area contributed by atoms with Crippen LogP contribution in [0.4, 0.5) is 4.39 Å². The van der Waals surface area contributed by atoms with E-state index in [1.165, 1.54) is 12.5 Å². The number of aromatic nitrogens is 1. The summed E-state index contributed by atoms with van der Waals surface area (Å²) in [6.07, 6.45) is 6.82. The van der Waals surface area contributed by atoms with Crippen molar-refractivity contribution < 1.29 is 13.9 Å². The normalized spacial score (nSPS) is 17.7. The standard InChI is InChI=1S/C25H25FN2O2/c26-23-15-19-5-2-12-27-24(19)16-22(23)17-6-8-20(9-7-17)30-21-10-13-28(14-11-21)25(29)18-3-1-4-18/h2,5-9,12,15-16,18,21H,1,3-4,10-11,13-14H2. The molecule has 1 aliphatic carbocycles. The third kappa shape index (κ3) is 3.76. The number of carbonyl (C=O) groups is 1. The van der Waals surface area contributed by atoms with Gasteiger partial charge >= 0.3 is 0 Å². The summed E-state index contributed by atoms with van der Waals surface area (Å²) < 4.78 is 20.7. The van der Waals surface area contributed by atoms with Gasteiger partial charge < -0.3 is 9.64 Å². The van der Waals surface area contributed by atoms with Crippen molar-refractivity contribution in [2.45, 2.75) is 38.2 Å². The second-order valence-electron chi connectivity index (χ2n) is 8.32.